The molecule has 3 rings (SSSR count). The summed E-state index contributed by atoms with van der Waals surface area (Å²) in [4.78, 5) is 26.5. The third kappa shape index (κ3) is 4.06. The van der Waals surface area contributed by atoms with Gasteiger partial charge in [-0.1, -0.05) is 51.1 Å². The van der Waals surface area contributed by atoms with Crippen molar-refractivity contribution < 1.29 is 4.79 Å². The van der Waals surface area contributed by atoms with Crippen LogP contribution in [0.5, 0.6) is 0 Å². The summed E-state index contributed by atoms with van der Waals surface area (Å²) in [6.45, 7) is 7.86. The number of benzene rings is 1. The zero-order valence-electron chi connectivity index (χ0n) is 15.9. The molecule has 1 aliphatic rings. The molecule has 1 aromatic heterocycles. The van der Waals surface area contributed by atoms with E-state index in [0.717, 1.165) is 19.4 Å². The minimum absolute atomic E-state index is 0.0592. The lowest BCUT2D eigenvalue weighted by Crippen LogP contribution is -2.32. The standard InChI is InChI=1S/C22H28N2O2/c1-22(2,3)18-11-9-17(10-12-18)19-7-6-15-24(19)21(26)13-16-23-14-5-4-8-20(23)25/h4-5,8-12,14,19H,6-7,13,15-16H2,1-3H3. The van der Waals surface area contributed by atoms with Gasteiger partial charge in [0.2, 0.25) is 5.91 Å². The number of amides is 1. The van der Waals surface area contributed by atoms with E-state index in [0.29, 0.717) is 13.0 Å². The maximum atomic E-state index is 12.8. The van der Waals surface area contributed by atoms with E-state index in [-0.39, 0.29) is 22.9 Å². The number of hydrogen-bond donors (Lipinski definition) is 0. The average molecular weight is 352 g/mol. The largest absolute Gasteiger partial charge is 0.336 e. The number of nitrogens with zero attached hydrogens (tertiary/aromatic N) is 2. The maximum absolute atomic E-state index is 12.8. The van der Waals surface area contributed by atoms with Gasteiger partial charge in [0, 0.05) is 31.8 Å². The Morgan fingerprint density at radius 1 is 1.12 bits per heavy atom. The maximum Gasteiger partial charge on any atom is 0.250 e. The Hall–Kier alpha value is -2.36. The van der Waals surface area contributed by atoms with Crippen LogP contribution in [0.1, 0.15) is 57.2 Å². The highest BCUT2D eigenvalue weighted by Crippen LogP contribution is 2.33. The monoisotopic (exact) mass is 352 g/mol. The SMILES string of the molecule is CC(C)(C)c1ccc(C2CCCN2C(=O)CCn2ccccc2=O)cc1. The van der Waals surface area contributed by atoms with Crippen LogP contribution in [0.4, 0.5) is 0 Å². The zero-order chi connectivity index (χ0) is 18.7. The van der Waals surface area contributed by atoms with Crippen molar-refractivity contribution in [2.45, 2.75) is 58.0 Å². The fourth-order valence-electron chi connectivity index (χ4n) is 3.62. The Kier molecular flexibility index (Phi) is 5.30. The van der Waals surface area contributed by atoms with Crippen molar-refractivity contribution in [3.05, 3.63) is 70.1 Å². The van der Waals surface area contributed by atoms with Gasteiger partial charge >= 0.3 is 0 Å². The Labute approximate surface area is 155 Å². The lowest BCUT2D eigenvalue weighted by Gasteiger charge is -2.26. The molecule has 1 amide bonds. The van der Waals surface area contributed by atoms with Gasteiger partial charge in [-0.3, -0.25) is 9.59 Å². The molecule has 0 bridgehead atoms. The molecule has 1 aromatic carbocycles. The molecule has 1 unspecified atom stereocenters. The van der Waals surface area contributed by atoms with Gasteiger partial charge in [-0.25, -0.2) is 0 Å². The first kappa shape index (κ1) is 18.4. The van der Waals surface area contributed by atoms with E-state index in [1.165, 1.54) is 17.2 Å². The molecule has 1 saturated heterocycles. The Bertz CT molecular complexity index is 815. The lowest BCUT2D eigenvalue weighted by atomic mass is 9.86. The number of pyridine rings is 1. The van der Waals surface area contributed by atoms with E-state index < -0.39 is 0 Å². The van der Waals surface area contributed by atoms with Crippen molar-refractivity contribution in [3.8, 4) is 0 Å². The van der Waals surface area contributed by atoms with Crippen LogP contribution >= 0.6 is 0 Å². The van der Waals surface area contributed by atoms with Crippen LogP contribution in [0.2, 0.25) is 0 Å². The number of aryl methyl sites for hydroxylation is 1. The topological polar surface area (TPSA) is 42.3 Å². The molecular formula is C22H28N2O2. The second kappa shape index (κ2) is 7.48. The van der Waals surface area contributed by atoms with Gasteiger partial charge in [0.1, 0.15) is 0 Å². The minimum Gasteiger partial charge on any atom is -0.336 e. The van der Waals surface area contributed by atoms with Crippen LogP contribution < -0.4 is 5.56 Å². The summed E-state index contributed by atoms with van der Waals surface area (Å²) in [7, 11) is 0. The molecule has 4 nitrogen and oxygen atoms in total. The van der Waals surface area contributed by atoms with E-state index in [1.54, 1.807) is 16.8 Å². The fourth-order valence-corrected chi connectivity index (χ4v) is 3.62. The van der Waals surface area contributed by atoms with Crippen LogP contribution in [0.25, 0.3) is 0 Å². The van der Waals surface area contributed by atoms with Crippen LogP contribution in [-0.2, 0) is 16.8 Å². The number of likely N-dealkylation sites (tertiary alicyclic amines) is 1. The quantitative estimate of drug-likeness (QED) is 0.837. The molecule has 0 radical (unpaired) electrons. The van der Waals surface area contributed by atoms with Crippen LogP contribution in [-0.4, -0.2) is 21.9 Å². The summed E-state index contributed by atoms with van der Waals surface area (Å²) < 4.78 is 1.60. The molecule has 0 saturated carbocycles. The van der Waals surface area contributed by atoms with Crippen molar-refractivity contribution in [2.75, 3.05) is 6.54 Å². The molecule has 1 fully saturated rings. The van der Waals surface area contributed by atoms with E-state index in [1.807, 2.05) is 11.0 Å². The van der Waals surface area contributed by atoms with Crippen molar-refractivity contribution in [3.63, 3.8) is 0 Å². The summed E-state index contributed by atoms with van der Waals surface area (Å²) in [5.41, 5.74) is 2.59. The smallest absolute Gasteiger partial charge is 0.250 e. The number of hydrogen-bond acceptors (Lipinski definition) is 2. The average Bonchev–Trinajstić information content (AvgIpc) is 3.10. The van der Waals surface area contributed by atoms with Crippen molar-refractivity contribution in [1.29, 1.82) is 0 Å². The molecule has 1 aliphatic heterocycles. The predicted molar refractivity (Wildman–Crippen MR) is 104 cm³/mol. The molecule has 0 aliphatic carbocycles. The number of aromatic nitrogens is 1. The van der Waals surface area contributed by atoms with Gasteiger partial charge in [0.05, 0.1) is 6.04 Å². The lowest BCUT2D eigenvalue weighted by molar-refractivity contribution is -0.132. The first-order valence-corrected chi connectivity index (χ1v) is 9.41. The first-order chi connectivity index (χ1) is 12.4. The van der Waals surface area contributed by atoms with Crippen LogP contribution in [0.3, 0.4) is 0 Å². The van der Waals surface area contributed by atoms with Gasteiger partial charge in [-0.2, -0.15) is 0 Å². The highest BCUT2D eigenvalue weighted by Gasteiger charge is 2.29. The normalized spacial score (nSPS) is 17.5. The second-order valence-electron chi connectivity index (χ2n) is 8.10. The van der Waals surface area contributed by atoms with E-state index in [9.17, 15) is 9.59 Å². The first-order valence-electron chi connectivity index (χ1n) is 9.41. The van der Waals surface area contributed by atoms with E-state index in [2.05, 4.69) is 45.0 Å². The van der Waals surface area contributed by atoms with Crippen molar-refractivity contribution in [1.82, 2.24) is 9.47 Å². The van der Waals surface area contributed by atoms with Gasteiger partial charge in [0.15, 0.2) is 0 Å². The highest BCUT2D eigenvalue weighted by atomic mass is 16.2. The molecule has 0 N–H and O–H groups in total. The Morgan fingerprint density at radius 3 is 2.50 bits per heavy atom. The summed E-state index contributed by atoms with van der Waals surface area (Å²) in [6, 6.07) is 13.9. The summed E-state index contributed by atoms with van der Waals surface area (Å²) in [5, 5.41) is 0. The van der Waals surface area contributed by atoms with Crippen molar-refractivity contribution >= 4 is 5.91 Å². The second-order valence-corrected chi connectivity index (χ2v) is 8.10. The summed E-state index contributed by atoms with van der Waals surface area (Å²) in [5.74, 6) is 0.128. The van der Waals surface area contributed by atoms with E-state index in [4.69, 9.17) is 0 Å². The summed E-state index contributed by atoms with van der Waals surface area (Å²) >= 11 is 0. The third-order valence-electron chi connectivity index (χ3n) is 5.20. The minimum atomic E-state index is -0.0592. The molecule has 2 heterocycles. The number of carbonyl (C=O) groups is 1. The molecule has 26 heavy (non-hydrogen) atoms. The van der Waals surface area contributed by atoms with Gasteiger partial charge < -0.3 is 9.47 Å². The predicted octanol–water partition coefficient (Wildman–Crippen LogP) is 3.90. The molecule has 2 aromatic rings. The van der Waals surface area contributed by atoms with Crippen LogP contribution in [0, 0.1) is 0 Å². The number of rotatable bonds is 4. The van der Waals surface area contributed by atoms with Crippen molar-refractivity contribution in [2.24, 2.45) is 0 Å². The fraction of sp³-hybridized carbons (Fsp3) is 0.455. The third-order valence-corrected chi connectivity index (χ3v) is 5.20. The van der Waals surface area contributed by atoms with Gasteiger partial charge in [0.25, 0.3) is 5.56 Å². The zero-order valence-corrected chi connectivity index (χ0v) is 15.9. The molecule has 138 valence electrons. The molecular weight excluding hydrogens is 324 g/mol. The Morgan fingerprint density at radius 2 is 1.85 bits per heavy atom. The number of carbonyl (C=O) groups excluding carboxylic acids is 1. The van der Waals surface area contributed by atoms with Crippen LogP contribution in [0.15, 0.2) is 53.5 Å². The Balaban J connectivity index is 1.68. The molecule has 4 heteroatoms. The molecule has 0 spiro atoms. The summed E-state index contributed by atoms with van der Waals surface area (Å²) in [6.07, 6.45) is 4.14. The van der Waals surface area contributed by atoms with E-state index >= 15 is 0 Å². The van der Waals surface area contributed by atoms with Gasteiger partial charge in [-0.15, -0.1) is 0 Å². The van der Waals surface area contributed by atoms with Gasteiger partial charge in [-0.05, 0) is 35.4 Å². The highest BCUT2D eigenvalue weighted by molar-refractivity contribution is 5.77. The molecule has 1 atom stereocenters.